The fraction of sp³-hybridized carbons (Fsp3) is 0.769. The number of rotatable bonds is 10. The minimum Gasteiger partial charge on any atom is -0.381 e. The van der Waals surface area contributed by atoms with Crippen molar-refractivity contribution >= 4 is 5.91 Å². The molecule has 16 heavy (non-hydrogen) atoms. The quantitative estimate of drug-likeness (QED) is 0.460. The molecule has 3 nitrogen and oxygen atoms in total. The van der Waals surface area contributed by atoms with Crippen molar-refractivity contribution < 1.29 is 9.53 Å². The van der Waals surface area contributed by atoms with E-state index in [1.54, 1.807) is 6.92 Å². The predicted octanol–water partition coefficient (Wildman–Crippen LogP) is 2.67. The molecular formula is C13H25NO2. The molecule has 0 aromatic rings. The smallest absolute Gasteiger partial charge is 0.246 e. The molecule has 0 fully saturated rings. The van der Waals surface area contributed by atoms with Crippen LogP contribution in [0.5, 0.6) is 0 Å². The molecule has 0 heterocycles. The monoisotopic (exact) mass is 227 g/mol. The maximum Gasteiger partial charge on any atom is 0.246 e. The lowest BCUT2D eigenvalue weighted by Crippen LogP contribution is -2.25. The molecule has 0 rings (SSSR count). The number of carbonyl (C=O) groups is 1. The fourth-order valence-electron chi connectivity index (χ4n) is 1.26. The van der Waals surface area contributed by atoms with Gasteiger partial charge < -0.3 is 10.1 Å². The van der Waals surface area contributed by atoms with Crippen LogP contribution in [-0.4, -0.2) is 25.7 Å². The van der Waals surface area contributed by atoms with Gasteiger partial charge in [0, 0.05) is 25.3 Å². The van der Waals surface area contributed by atoms with Crippen molar-refractivity contribution in [2.24, 2.45) is 0 Å². The first-order chi connectivity index (χ1) is 7.68. The highest BCUT2D eigenvalue weighted by atomic mass is 16.5. The normalized spacial score (nSPS) is 10.1. The molecule has 0 radical (unpaired) electrons. The first kappa shape index (κ1) is 15.2. The van der Waals surface area contributed by atoms with Crippen LogP contribution < -0.4 is 5.32 Å². The van der Waals surface area contributed by atoms with E-state index in [9.17, 15) is 4.79 Å². The summed E-state index contributed by atoms with van der Waals surface area (Å²) in [6, 6.07) is 0. The first-order valence-corrected chi connectivity index (χ1v) is 6.20. The van der Waals surface area contributed by atoms with E-state index >= 15 is 0 Å². The first-order valence-electron chi connectivity index (χ1n) is 6.20. The van der Waals surface area contributed by atoms with E-state index < -0.39 is 0 Å². The SMILES string of the molecule is C=C(C)C(=O)NCCCOCCCCCC. The van der Waals surface area contributed by atoms with Crippen LogP contribution in [-0.2, 0) is 9.53 Å². The molecular weight excluding hydrogens is 202 g/mol. The highest BCUT2D eigenvalue weighted by molar-refractivity contribution is 5.91. The number of unbranched alkanes of at least 4 members (excludes halogenated alkanes) is 3. The van der Waals surface area contributed by atoms with Crippen LogP contribution in [0.25, 0.3) is 0 Å². The summed E-state index contributed by atoms with van der Waals surface area (Å²) < 4.78 is 5.45. The number of hydrogen-bond acceptors (Lipinski definition) is 2. The second-order valence-electron chi connectivity index (χ2n) is 4.06. The van der Waals surface area contributed by atoms with Crippen LogP contribution in [0.3, 0.4) is 0 Å². The van der Waals surface area contributed by atoms with Crippen LogP contribution in [0, 0.1) is 0 Å². The second-order valence-corrected chi connectivity index (χ2v) is 4.06. The zero-order chi connectivity index (χ0) is 12.2. The molecule has 3 heteroatoms. The Labute approximate surface area is 99.3 Å². The van der Waals surface area contributed by atoms with Gasteiger partial charge in [0.15, 0.2) is 0 Å². The average Bonchev–Trinajstić information content (AvgIpc) is 2.26. The Kier molecular flexibility index (Phi) is 10.1. The topological polar surface area (TPSA) is 38.3 Å². The van der Waals surface area contributed by atoms with Gasteiger partial charge in [-0.05, 0) is 19.8 Å². The molecule has 0 aromatic heterocycles. The van der Waals surface area contributed by atoms with Crippen molar-refractivity contribution in [2.45, 2.75) is 46.0 Å². The Morgan fingerprint density at radius 2 is 1.88 bits per heavy atom. The zero-order valence-corrected chi connectivity index (χ0v) is 10.7. The minimum absolute atomic E-state index is 0.0667. The number of ether oxygens (including phenoxy) is 1. The Morgan fingerprint density at radius 3 is 2.50 bits per heavy atom. The fourth-order valence-corrected chi connectivity index (χ4v) is 1.26. The Balaban J connectivity index is 3.10. The number of carbonyl (C=O) groups excluding carboxylic acids is 1. The van der Waals surface area contributed by atoms with Gasteiger partial charge in [0.25, 0.3) is 0 Å². The third-order valence-electron chi connectivity index (χ3n) is 2.28. The van der Waals surface area contributed by atoms with Crippen molar-refractivity contribution in [3.8, 4) is 0 Å². The van der Waals surface area contributed by atoms with Gasteiger partial charge in [-0.3, -0.25) is 4.79 Å². The van der Waals surface area contributed by atoms with Crippen molar-refractivity contribution in [3.63, 3.8) is 0 Å². The lowest BCUT2D eigenvalue weighted by atomic mass is 10.2. The van der Waals surface area contributed by atoms with E-state index in [4.69, 9.17) is 4.74 Å². The summed E-state index contributed by atoms with van der Waals surface area (Å²) in [5.41, 5.74) is 0.556. The summed E-state index contributed by atoms with van der Waals surface area (Å²) in [6.45, 7) is 9.71. The van der Waals surface area contributed by atoms with E-state index in [0.717, 1.165) is 26.1 Å². The molecule has 0 aromatic carbocycles. The van der Waals surface area contributed by atoms with E-state index in [1.807, 2.05) is 0 Å². The van der Waals surface area contributed by atoms with E-state index in [1.165, 1.54) is 19.3 Å². The molecule has 0 unspecified atom stereocenters. The second kappa shape index (κ2) is 10.7. The average molecular weight is 227 g/mol. The van der Waals surface area contributed by atoms with Gasteiger partial charge in [-0.2, -0.15) is 0 Å². The van der Waals surface area contributed by atoms with Gasteiger partial charge >= 0.3 is 0 Å². The van der Waals surface area contributed by atoms with Crippen LogP contribution in [0.1, 0.15) is 46.0 Å². The number of amides is 1. The van der Waals surface area contributed by atoms with E-state index in [2.05, 4.69) is 18.8 Å². The number of nitrogens with one attached hydrogen (secondary N) is 1. The molecule has 0 saturated carbocycles. The lowest BCUT2D eigenvalue weighted by molar-refractivity contribution is -0.117. The number of hydrogen-bond donors (Lipinski definition) is 1. The summed E-state index contributed by atoms with van der Waals surface area (Å²) in [7, 11) is 0. The molecule has 1 N–H and O–H groups in total. The van der Waals surface area contributed by atoms with Gasteiger partial charge in [0.2, 0.25) is 5.91 Å². The Bertz CT molecular complexity index is 202. The molecule has 0 aliphatic carbocycles. The van der Waals surface area contributed by atoms with Gasteiger partial charge in [-0.1, -0.05) is 32.8 Å². The highest BCUT2D eigenvalue weighted by Gasteiger charge is 1.99. The van der Waals surface area contributed by atoms with Crippen LogP contribution in [0.2, 0.25) is 0 Å². The van der Waals surface area contributed by atoms with Crippen molar-refractivity contribution in [1.82, 2.24) is 5.32 Å². The molecule has 94 valence electrons. The molecule has 0 saturated heterocycles. The van der Waals surface area contributed by atoms with Crippen LogP contribution in [0.15, 0.2) is 12.2 Å². The molecule has 1 amide bonds. The van der Waals surface area contributed by atoms with Crippen molar-refractivity contribution in [3.05, 3.63) is 12.2 Å². The van der Waals surface area contributed by atoms with E-state index in [-0.39, 0.29) is 5.91 Å². The minimum atomic E-state index is -0.0667. The summed E-state index contributed by atoms with van der Waals surface area (Å²) in [5.74, 6) is -0.0667. The molecule has 0 aliphatic rings. The maximum absolute atomic E-state index is 11.1. The third-order valence-corrected chi connectivity index (χ3v) is 2.28. The van der Waals surface area contributed by atoms with Crippen molar-refractivity contribution in [1.29, 1.82) is 0 Å². The standard InChI is InChI=1S/C13H25NO2/c1-4-5-6-7-10-16-11-8-9-14-13(15)12(2)3/h2,4-11H2,1,3H3,(H,14,15). The lowest BCUT2D eigenvalue weighted by Gasteiger charge is -2.05. The third kappa shape index (κ3) is 9.71. The van der Waals surface area contributed by atoms with Gasteiger partial charge in [-0.25, -0.2) is 0 Å². The summed E-state index contributed by atoms with van der Waals surface area (Å²) in [5, 5.41) is 2.77. The maximum atomic E-state index is 11.1. The summed E-state index contributed by atoms with van der Waals surface area (Å²) in [6.07, 6.45) is 5.81. The molecule has 0 aliphatic heterocycles. The predicted molar refractivity (Wildman–Crippen MR) is 67.4 cm³/mol. The summed E-state index contributed by atoms with van der Waals surface area (Å²) in [4.78, 5) is 11.1. The Morgan fingerprint density at radius 1 is 1.19 bits per heavy atom. The Hall–Kier alpha value is -0.830. The van der Waals surface area contributed by atoms with Crippen LogP contribution in [0.4, 0.5) is 0 Å². The van der Waals surface area contributed by atoms with E-state index in [0.29, 0.717) is 12.1 Å². The highest BCUT2D eigenvalue weighted by Crippen LogP contribution is 1.98. The largest absolute Gasteiger partial charge is 0.381 e. The molecule has 0 spiro atoms. The van der Waals surface area contributed by atoms with Gasteiger partial charge in [0.1, 0.15) is 0 Å². The zero-order valence-electron chi connectivity index (χ0n) is 10.7. The van der Waals surface area contributed by atoms with Gasteiger partial charge in [0.05, 0.1) is 0 Å². The van der Waals surface area contributed by atoms with Gasteiger partial charge in [-0.15, -0.1) is 0 Å². The van der Waals surface area contributed by atoms with Crippen molar-refractivity contribution in [2.75, 3.05) is 19.8 Å². The van der Waals surface area contributed by atoms with Crippen LogP contribution >= 0.6 is 0 Å². The summed E-state index contributed by atoms with van der Waals surface area (Å²) >= 11 is 0. The molecule has 0 bridgehead atoms. The molecule has 0 atom stereocenters.